The molecule has 6 nitrogen and oxygen atoms in total. The molecule has 25 heavy (non-hydrogen) atoms. The van der Waals surface area contributed by atoms with Crippen LogP contribution < -0.4 is 9.47 Å². The molecular weight excluding hydrogens is 322 g/mol. The van der Waals surface area contributed by atoms with Gasteiger partial charge in [0.25, 0.3) is 5.91 Å². The van der Waals surface area contributed by atoms with Crippen LogP contribution in [0.15, 0.2) is 30.0 Å². The molecule has 1 aliphatic heterocycles. The van der Waals surface area contributed by atoms with Crippen LogP contribution in [0.5, 0.6) is 11.5 Å². The topological polar surface area (TPSA) is 65.1 Å². The lowest BCUT2D eigenvalue weighted by molar-refractivity contribution is -0.133. The minimum atomic E-state index is -0.528. The van der Waals surface area contributed by atoms with Crippen molar-refractivity contribution in [2.24, 2.45) is 0 Å². The lowest BCUT2D eigenvalue weighted by Gasteiger charge is -2.27. The molecule has 1 fully saturated rings. The fourth-order valence-corrected chi connectivity index (χ4v) is 3.27. The molecule has 0 N–H and O–H groups in total. The van der Waals surface area contributed by atoms with Gasteiger partial charge in [-0.15, -0.1) is 0 Å². The molecule has 2 aliphatic carbocycles. The highest BCUT2D eigenvalue weighted by Gasteiger charge is 2.35. The molecule has 0 atom stereocenters. The van der Waals surface area contributed by atoms with Crippen LogP contribution in [0.1, 0.15) is 48.9 Å². The summed E-state index contributed by atoms with van der Waals surface area (Å²) in [4.78, 5) is 26.7. The summed E-state index contributed by atoms with van der Waals surface area (Å²) in [6.45, 7) is -0.0844. The van der Waals surface area contributed by atoms with Gasteiger partial charge in [-0.25, -0.2) is 4.79 Å². The molecule has 1 aromatic carbocycles. The van der Waals surface area contributed by atoms with Crippen molar-refractivity contribution in [3.8, 4) is 11.5 Å². The maximum Gasteiger partial charge on any atom is 0.338 e. The zero-order chi connectivity index (χ0) is 17.2. The third kappa shape index (κ3) is 3.48. The van der Waals surface area contributed by atoms with Gasteiger partial charge >= 0.3 is 5.97 Å². The van der Waals surface area contributed by atoms with E-state index in [1.807, 2.05) is 4.90 Å². The number of ether oxygens (including phenoxy) is 3. The van der Waals surface area contributed by atoms with Gasteiger partial charge in [-0.05, 0) is 56.7 Å². The van der Waals surface area contributed by atoms with Gasteiger partial charge in [0.2, 0.25) is 6.79 Å². The first-order chi connectivity index (χ1) is 12.2. The smallest absolute Gasteiger partial charge is 0.338 e. The van der Waals surface area contributed by atoms with Crippen molar-refractivity contribution in [1.29, 1.82) is 0 Å². The summed E-state index contributed by atoms with van der Waals surface area (Å²) in [7, 11) is 0. The van der Waals surface area contributed by atoms with Crippen molar-refractivity contribution in [3.63, 3.8) is 0 Å². The van der Waals surface area contributed by atoms with E-state index in [0.29, 0.717) is 17.1 Å². The van der Waals surface area contributed by atoms with E-state index < -0.39 is 5.97 Å². The molecule has 0 radical (unpaired) electrons. The van der Waals surface area contributed by atoms with Gasteiger partial charge in [-0.1, -0.05) is 6.08 Å². The number of esters is 1. The van der Waals surface area contributed by atoms with Crippen LogP contribution in [0.3, 0.4) is 0 Å². The molecule has 0 aromatic heterocycles. The molecule has 1 heterocycles. The Morgan fingerprint density at radius 1 is 1.16 bits per heavy atom. The van der Waals surface area contributed by atoms with E-state index in [9.17, 15) is 9.59 Å². The van der Waals surface area contributed by atoms with Crippen molar-refractivity contribution in [2.45, 2.75) is 44.6 Å². The Hall–Kier alpha value is -2.50. The summed E-state index contributed by atoms with van der Waals surface area (Å²) >= 11 is 0. The van der Waals surface area contributed by atoms with Crippen LogP contribution in [-0.4, -0.2) is 36.2 Å². The Bertz CT molecular complexity index is 723. The number of fused-ring (bicyclic) bond motifs is 1. The van der Waals surface area contributed by atoms with Crippen LogP contribution in [0.4, 0.5) is 0 Å². The second kappa shape index (κ2) is 6.78. The van der Waals surface area contributed by atoms with Crippen LogP contribution in [0, 0.1) is 0 Å². The Morgan fingerprint density at radius 2 is 2.00 bits per heavy atom. The molecule has 1 amide bonds. The number of nitrogens with zero attached hydrogens (tertiary/aromatic N) is 1. The number of carbonyl (C=O) groups excluding carboxylic acids is 2. The molecule has 0 saturated heterocycles. The van der Waals surface area contributed by atoms with Gasteiger partial charge in [-0.2, -0.15) is 0 Å². The summed E-state index contributed by atoms with van der Waals surface area (Å²) in [6.07, 6.45) is 8.44. The first-order valence-corrected chi connectivity index (χ1v) is 8.80. The quantitative estimate of drug-likeness (QED) is 0.769. The number of allylic oxidation sites excluding steroid dienone is 2. The Morgan fingerprint density at radius 3 is 2.76 bits per heavy atom. The van der Waals surface area contributed by atoms with Gasteiger partial charge in [0.05, 0.1) is 5.56 Å². The summed E-state index contributed by atoms with van der Waals surface area (Å²) < 4.78 is 15.7. The first-order valence-electron chi connectivity index (χ1n) is 8.80. The zero-order valence-corrected chi connectivity index (χ0v) is 14.0. The zero-order valence-electron chi connectivity index (χ0n) is 14.0. The molecule has 1 aromatic rings. The summed E-state index contributed by atoms with van der Waals surface area (Å²) in [6, 6.07) is 5.14. The third-order valence-corrected chi connectivity index (χ3v) is 4.69. The van der Waals surface area contributed by atoms with Crippen LogP contribution in [0.25, 0.3) is 0 Å². The molecular formula is C19H21NO5. The number of carbonyl (C=O) groups is 2. The number of rotatable bonds is 5. The highest BCUT2D eigenvalue weighted by Crippen LogP contribution is 2.34. The average Bonchev–Trinajstić information content (AvgIpc) is 3.35. The third-order valence-electron chi connectivity index (χ3n) is 4.69. The van der Waals surface area contributed by atoms with E-state index >= 15 is 0 Å². The minimum Gasteiger partial charge on any atom is -0.454 e. The maximum atomic E-state index is 12.6. The number of hydrogen-bond donors (Lipinski definition) is 0. The minimum absolute atomic E-state index is 0.134. The predicted molar refractivity (Wildman–Crippen MR) is 89.3 cm³/mol. The fraction of sp³-hybridized carbons (Fsp3) is 0.474. The van der Waals surface area contributed by atoms with E-state index in [4.69, 9.17) is 14.2 Å². The molecule has 0 spiro atoms. The predicted octanol–water partition coefficient (Wildman–Crippen LogP) is 3.02. The van der Waals surface area contributed by atoms with E-state index in [1.54, 1.807) is 18.2 Å². The van der Waals surface area contributed by atoms with Crippen LogP contribution in [0.2, 0.25) is 0 Å². The summed E-state index contributed by atoms with van der Waals surface area (Å²) in [5.74, 6) is 0.467. The maximum absolute atomic E-state index is 12.6. The Labute approximate surface area is 146 Å². The fourth-order valence-electron chi connectivity index (χ4n) is 3.27. The Balaban J connectivity index is 1.38. The average molecular weight is 343 g/mol. The van der Waals surface area contributed by atoms with Crippen molar-refractivity contribution in [2.75, 3.05) is 13.4 Å². The number of hydrogen-bond acceptors (Lipinski definition) is 5. The number of amides is 1. The van der Waals surface area contributed by atoms with Crippen molar-refractivity contribution in [3.05, 3.63) is 35.5 Å². The molecule has 0 unspecified atom stereocenters. The largest absolute Gasteiger partial charge is 0.454 e. The standard InChI is InChI=1S/C19H21NO5/c21-18(20(15-7-8-15)14-4-2-1-3-5-14)11-23-19(22)13-6-9-16-17(10-13)25-12-24-16/h4,6,9-10,15H,1-3,5,7-8,11-12H2. The molecule has 1 saturated carbocycles. The monoisotopic (exact) mass is 343 g/mol. The summed E-state index contributed by atoms with van der Waals surface area (Å²) in [5, 5.41) is 0. The van der Waals surface area contributed by atoms with Gasteiger partial charge in [0.15, 0.2) is 18.1 Å². The van der Waals surface area contributed by atoms with Gasteiger partial charge in [-0.3, -0.25) is 4.79 Å². The van der Waals surface area contributed by atoms with Crippen LogP contribution in [-0.2, 0) is 9.53 Å². The Kier molecular flexibility index (Phi) is 4.34. The second-order valence-electron chi connectivity index (χ2n) is 6.58. The van der Waals surface area contributed by atoms with E-state index in [1.165, 1.54) is 6.42 Å². The summed E-state index contributed by atoms with van der Waals surface area (Å²) in [5.41, 5.74) is 1.45. The second-order valence-corrected chi connectivity index (χ2v) is 6.58. The lowest BCUT2D eigenvalue weighted by atomic mass is 10.0. The van der Waals surface area contributed by atoms with Crippen molar-refractivity contribution in [1.82, 2.24) is 4.90 Å². The van der Waals surface area contributed by atoms with Gasteiger partial charge in [0, 0.05) is 11.7 Å². The molecule has 132 valence electrons. The first kappa shape index (κ1) is 16.0. The van der Waals surface area contributed by atoms with Gasteiger partial charge < -0.3 is 19.1 Å². The van der Waals surface area contributed by atoms with Crippen molar-refractivity contribution < 1.29 is 23.8 Å². The molecule has 0 bridgehead atoms. The van der Waals surface area contributed by atoms with E-state index in [-0.39, 0.29) is 25.3 Å². The molecule has 3 aliphatic rings. The molecule has 4 rings (SSSR count). The highest BCUT2D eigenvalue weighted by molar-refractivity contribution is 5.92. The van der Waals surface area contributed by atoms with Crippen molar-refractivity contribution >= 4 is 11.9 Å². The number of benzene rings is 1. The normalized spacial score (nSPS) is 18.5. The highest BCUT2D eigenvalue weighted by atomic mass is 16.7. The van der Waals surface area contributed by atoms with E-state index in [2.05, 4.69) is 6.08 Å². The molecule has 6 heteroatoms. The van der Waals surface area contributed by atoms with E-state index in [0.717, 1.165) is 37.8 Å². The SMILES string of the molecule is O=C(OCC(=O)N(C1=CCCCC1)C1CC1)c1ccc2c(c1)OCO2. The van der Waals surface area contributed by atoms with Gasteiger partial charge in [0.1, 0.15) is 0 Å². The van der Waals surface area contributed by atoms with Crippen LogP contribution >= 0.6 is 0 Å². The lowest BCUT2D eigenvalue weighted by Crippen LogP contribution is -2.36.